The summed E-state index contributed by atoms with van der Waals surface area (Å²) >= 11 is 0. The number of hydrogen-bond donors (Lipinski definition) is 3. The molecule has 6 N–H and O–H groups in total. The highest BCUT2D eigenvalue weighted by Crippen LogP contribution is 2.28. The lowest BCUT2D eigenvalue weighted by Gasteiger charge is -2.19. The average Bonchev–Trinajstić information content (AvgIpc) is 2.74. The summed E-state index contributed by atoms with van der Waals surface area (Å²) in [5, 5.41) is 1.42. The molecule has 0 amide bonds. The molecule has 3 aromatic heterocycles. The summed E-state index contributed by atoms with van der Waals surface area (Å²) in [7, 11) is 0. The van der Waals surface area contributed by atoms with Crippen LogP contribution in [0.25, 0.3) is 11.3 Å². The van der Waals surface area contributed by atoms with E-state index in [0.29, 0.717) is 34.5 Å². The Bertz CT molecular complexity index is 1160. The van der Waals surface area contributed by atoms with Crippen LogP contribution in [0.3, 0.4) is 0 Å². The molecule has 0 radical (unpaired) electrons. The summed E-state index contributed by atoms with van der Waals surface area (Å²) in [4.78, 5) is 16.7. The lowest BCUT2D eigenvalue weighted by molar-refractivity contribution is 0.481. The van der Waals surface area contributed by atoms with Crippen LogP contribution in [0.15, 0.2) is 67.0 Å². The van der Waals surface area contributed by atoms with Crippen LogP contribution in [0.4, 0.5) is 23.3 Å². The van der Waals surface area contributed by atoms with Crippen LogP contribution in [0.1, 0.15) is 5.69 Å². The smallest absolute Gasteiger partial charge is 0.222 e. The summed E-state index contributed by atoms with van der Waals surface area (Å²) < 4.78 is 5.84. The highest BCUT2D eigenvalue weighted by atomic mass is 16.5. The molecule has 0 unspecified atom stereocenters. The number of nitrogen functional groups attached to an aromatic ring is 2. The first kappa shape index (κ1) is 19.1. The van der Waals surface area contributed by atoms with Crippen molar-refractivity contribution in [2.75, 3.05) is 16.5 Å². The number of ether oxygens (including phenoxy) is 1. The standard InChI is InChI=1S/C21H20N8O/c1-13-10-17(8-9-25-13)30-16-5-3-15(4-6-16)29(24)20-11-18(27-21(23)28-20)14-2-7-19(22)26-12-14/h2-12H,24H2,1H3,(H2,22,26)(H2,23,27,28). The maximum atomic E-state index is 6.28. The maximum absolute atomic E-state index is 6.28. The van der Waals surface area contributed by atoms with Crippen LogP contribution < -0.4 is 27.1 Å². The molecule has 4 rings (SSSR count). The number of aromatic nitrogens is 4. The van der Waals surface area contributed by atoms with E-state index in [1.54, 1.807) is 30.6 Å². The van der Waals surface area contributed by atoms with Gasteiger partial charge >= 0.3 is 0 Å². The van der Waals surface area contributed by atoms with Crippen molar-refractivity contribution in [2.45, 2.75) is 6.92 Å². The van der Waals surface area contributed by atoms with E-state index in [0.717, 1.165) is 11.3 Å². The van der Waals surface area contributed by atoms with Gasteiger partial charge < -0.3 is 16.2 Å². The molecule has 9 nitrogen and oxygen atoms in total. The van der Waals surface area contributed by atoms with Crippen molar-refractivity contribution in [2.24, 2.45) is 5.84 Å². The van der Waals surface area contributed by atoms with E-state index in [1.807, 2.05) is 43.3 Å². The average molecular weight is 400 g/mol. The zero-order valence-corrected chi connectivity index (χ0v) is 16.2. The van der Waals surface area contributed by atoms with Crippen LogP contribution in [0.5, 0.6) is 11.5 Å². The zero-order valence-electron chi connectivity index (χ0n) is 16.2. The van der Waals surface area contributed by atoms with Gasteiger partial charge in [0.1, 0.15) is 17.3 Å². The van der Waals surface area contributed by atoms with Crippen molar-refractivity contribution < 1.29 is 4.74 Å². The Morgan fingerprint density at radius 3 is 2.37 bits per heavy atom. The highest BCUT2D eigenvalue weighted by Gasteiger charge is 2.12. The monoisotopic (exact) mass is 400 g/mol. The molecule has 0 saturated carbocycles. The molecular weight excluding hydrogens is 380 g/mol. The summed E-state index contributed by atoms with van der Waals surface area (Å²) in [6, 6.07) is 16.2. The summed E-state index contributed by atoms with van der Waals surface area (Å²) in [6.07, 6.45) is 3.32. The van der Waals surface area contributed by atoms with Gasteiger partial charge in [-0.3, -0.25) is 9.99 Å². The Balaban J connectivity index is 1.56. The van der Waals surface area contributed by atoms with E-state index in [2.05, 4.69) is 19.9 Å². The highest BCUT2D eigenvalue weighted by molar-refractivity contribution is 5.68. The van der Waals surface area contributed by atoms with E-state index in [-0.39, 0.29) is 5.95 Å². The molecule has 9 heteroatoms. The molecule has 0 bridgehead atoms. The van der Waals surface area contributed by atoms with Gasteiger partial charge in [-0.25, -0.2) is 15.8 Å². The Morgan fingerprint density at radius 1 is 0.867 bits per heavy atom. The summed E-state index contributed by atoms with van der Waals surface area (Å²) in [5.74, 6) is 8.63. The number of nitrogens with two attached hydrogens (primary N) is 3. The Labute approximate surface area is 173 Å². The van der Waals surface area contributed by atoms with E-state index in [9.17, 15) is 0 Å². The van der Waals surface area contributed by atoms with Crippen LogP contribution in [-0.2, 0) is 0 Å². The third-order valence-corrected chi connectivity index (χ3v) is 4.28. The topological polar surface area (TPSA) is 142 Å². The molecule has 0 saturated heterocycles. The van der Waals surface area contributed by atoms with Crippen molar-refractivity contribution >= 4 is 23.3 Å². The lowest BCUT2D eigenvalue weighted by atomic mass is 10.2. The van der Waals surface area contributed by atoms with Crippen molar-refractivity contribution in [3.05, 3.63) is 72.7 Å². The number of anilines is 4. The predicted octanol–water partition coefficient (Wildman–Crippen LogP) is 3.21. The van der Waals surface area contributed by atoms with Crippen molar-refractivity contribution in [3.63, 3.8) is 0 Å². The van der Waals surface area contributed by atoms with Gasteiger partial charge in [0.25, 0.3) is 0 Å². The van der Waals surface area contributed by atoms with Gasteiger partial charge in [-0.1, -0.05) is 0 Å². The molecule has 0 aliphatic heterocycles. The van der Waals surface area contributed by atoms with Crippen molar-refractivity contribution in [1.82, 2.24) is 19.9 Å². The van der Waals surface area contributed by atoms with Crippen LogP contribution in [-0.4, -0.2) is 19.9 Å². The SMILES string of the molecule is Cc1cc(Oc2ccc(N(N)c3cc(-c4ccc(N)nc4)nc(N)n3)cc2)ccn1. The second-order valence-corrected chi connectivity index (χ2v) is 6.54. The molecule has 30 heavy (non-hydrogen) atoms. The zero-order chi connectivity index (χ0) is 21.1. The van der Waals surface area contributed by atoms with Gasteiger partial charge in [0.2, 0.25) is 5.95 Å². The first-order chi connectivity index (χ1) is 14.5. The predicted molar refractivity (Wildman–Crippen MR) is 116 cm³/mol. The van der Waals surface area contributed by atoms with Crippen molar-refractivity contribution in [3.8, 4) is 22.8 Å². The minimum Gasteiger partial charge on any atom is -0.457 e. The molecule has 0 spiro atoms. The summed E-state index contributed by atoms with van der Waals surface area (Å²) in [5.41, 5.74) is 14.5. The Hall–Kier alpha value is -4.24. The largest absolute Gasteiger partial charge is 0.457 e. The van der Waals surface area contributed by atoms with E-state index in [1.165, 1.54) is 5.01 Å². The number of rotatable bonds is 5. The molecule has 1 aromatic carbocycles. The van der Waals surface area contributed by atoms with Gasteiger partial charge in [0.15, 0.2) is 5.82 Å². The van der Waals surface area contributed by atoms with E-state index >= 15 is 0 Å². The van der Waals surface area contributed by atoms with Gasteiger partial charge in [0, 0.05) is 35.8 Å². The fourth-order valence-electron chi connectivity index (χ4n) is 2.81. The van der Waals surface area contributed by atoms with Crippen LogP contribution in [0, 0.1) is 6.92 Å². The van der Waals surface area contributed by atoms with Crippen molar-refractivity contribution in [1.29, 1.82) is 0 Å². The lowest BCUT2D eigenvalue weighted by Crippen LogP contribution is -2.26. The number of hydrogen-bond acceptors (Lipinski definition) is 9. The number of nitrogens with zero attached hydrogens (tertiary/aromatic N) is 5. The second kappa shape index (κ2) is 8.02. The number of aryl methyl sites for hydroxylation is 1. The Kier molecular flexibility index (Phi) is 5.10. The fraction of sp³-hybridized carbons (Fsp3) is 0.0476. The summed E-state index contributed by atoms with van der Waals surface area (Å²) in [6.45, 7) is 1.91. The van der Waals surface area contributed by atoms with Gasteiger partial charge in [-0.2, -0.15) is 4.98 Å². The quantitative estimate of drug-likeness (QED) is 0.340. The molecule has 0 atom stereocenters. The minimum atomic E-state index is 0.0998. The molecule has 4 aromatic rings. The van der Waals surface area contributed by atoms with E-state index in [4.69, 9.17) is 22.0 Å². The first-order valence-electron chi connectivity index (χ1n) is 9.10. The van der Waals surface area contributed by atoms with Crippen LogP contribution >= 0.6 is 0 Å². The second-order valence-electron chi connectivity index (χ2n) is 6.54. The molecular formula is C21H20N8O. The van der Waals surface area contributed by atoms with Crippen LogP contribution in [0.2, 0.25) is 0 Å². The normalized spacial score (nSPS) is 10.6. The maximum Gasteiger partial charge on any atom is 0.222 e. The molecule has 3 heterocycles. The van der Waals surface area contributed by atoms with E-state index < -0.39 is 0 Å². The molecule has 0 fully saturated rings. The first-order valence-corrected chi connectivity index (χ1v) is 9.10. The van der Waals surface area contributed by atoms with Gasteiger partial charge in [-0.15, -0.1) is 0 Å². The third kappa shape index (κ3) is 4.26. The molecule has 0 aliphatic carbocycles. The number of pyridine rings is 2. The number of hydrazine groups is 1. The molecule has 150 valence electrons. The number of benzene rings is 1. The minimum absolute atomic E-state index is 0.0998. The fourth-order valence-corrected chi connectivity index (χ4v) is 2.81. The Morgan fingerprint density at radius 2 is 1.67 bits per heavy atom. The van der Waals surface area contributed by atoms with Gasteiger partial charge in [0.05, 0.1) is 11.4 Å². The molecule has 0 aliphatic rings. The third-order valence-electron chi connectivity index (χ3n) is 4.28. The van der Waals surface area contributed by atoms with Gasteiger partial charge in [-0.05, 0) is 49.4 Å².